The summed E-state index contributed by atoms with van der Waals surface area (Å²) in [6, 6.07) is 9.45. The molecule has 0 aliphatic carbocycles. The average molecular weight is 471 g/mol. The monoisotopic (exact) mass is 471 g/mol. The maximum atomic E-state index is 14.7. The van der Waals surface area contributed by atoms with E-state index in [1.807, 2.05) is 0 Å². The predicted octanol–water partition coefficient (Wildman–Crippen LogP) is 5.58. The van der Waals surface area contributed by atoms with Gasteiger partial charge in [-0.2, -0.15) is 22.5 Å². The van der Waals surface area contributed by atoms with Crippen LogP contribution in [0.4, 0.5) is 33.5 Å². The van der Waals surface area contributed by atoms with Crippen LogP contribution in [-0.2, 0) is 6.42 Å². The summed E-state index contributed by atoms with van der Waals surface area (Å²) in [7, 11) is 0. The molecule has 1 aliphatic heterocycles. The lowest BCUT2D eigenvalue weighted by Gasteiger charge is -2.32. The fourth-order valence-corrected chi connectivity index (χ4v) is 4.04. The first-order chi connectivity index (χ1) is 16.1. The number of para-hydroxylation sites is 1. The molecule has 1 aliphatic rings. The molecule has 0 saturated heterocycles. The zero-order valence-electron chi connectivity index (χ0n) is 18.2. The van der Waals surface area contributed by atoms with Crippen molar-refractivity contribution in [2.45, 2.75) is 32.9 Å². The van der Waals surface area contributed by atoms with E-state index in [0.717, 1.165) is 19.9 Å². The molecular formula is C24H18F5N5. The highest BCUT2D eigenvalue weighted by Gasteiger charge is 2.46. The minimum absolute atomic E-state index is 0.0432. The summed E-state index contributed by atoms with van der Waals surface area (Å²) in [4.78, 5) is 6.27. The number of nitrogens with zero attached hydrogens (tertiary/aromatic N) is 5. The van der Waals surface area contributed by atoms with Gasteiger partial charge in [0, 0.05) is 23.2 Å². The molecule has 34 heavy (non-hydrogen) atoms. The van der Waals surface area contributed by atoms with Gasteiger partial charge in [-0.05, 0) is 56.5 Å². The normalized spacial score (nSPS) is 14.3. The van der Waals surface area contributed by atoms with E-state index >= 15 is 0 Å². The predicted molar refractivity (Wildman–Crippen MR) is 117 cm³/mol. The molecule has 0 bridgehead atoms. The number of anilines is 2. The number of rotatable bonds is 1. The van der Waals surface area contributed by atoms with E-state index in [2.05, 4.69) is 27.0 Å². The zero-order chi connectivity index (χ0) is 24.3. The molecule has 2 aromatic heterocycles. The Morgan fingerprint density at radius 2 is 1.79 bits per heavy atom. The van der Waals surface area contributed by atoms with Gasteiger partial charge in [-0.3, -0.25) is 0 Å². The Hall–Kier alpha value is -3.74. The number of hydrogen-bond donors (Lipinski definition) is 0. The van der Waals surface area contributed by atoms with Gasteiger partial charge in [-0.25, -0.2) is 8.79 Å². The fourth-order valence-electron chi connectivity index (χ4n) is 4.04. The highest BCUT2D eigenvalue weighted by Crippen LogP contribution is 2.40. The smallest absolute Gasteiger partial charge is 0.325 e. The van der Waals surface area contributed by atoms with E-state index in [0.29, 0.717) is 47.4 Å². The zero-order valence-corrected chi connectivity index (χ0v) is 18.2. The summed E-state index contributed by atoms with van der Waals surface area (Å²) in [6.07, 6.45) is -4.17. The van der Waals surface area contributed by atoms with Crippen LogP contribution in [0.5, 0.6) is 0 Å². The summed E-state index contributed by atoms with van der Waals surface area (Å²) in [6.45, 7) is 2.45. The van der Waals surface area contributed by atoms with Gasteiger partial charge in [0.2, 0.25) is 0 Å². The lowest BCUT2D eigenvalue weighted by molar-refractivity contribution is -0.190. The second kappa shape index (κ2) is 7.65. The van der Waals surface area contributed by atoms with Crippen LogP contribution < -0.4 is 4.90 Å². The summed E-state index contributed by atoms with van der Waals surface area (Å²) >= 11 is 0. The molecule has 0 spiro atoms. The van der Waals surface area contributed by atoms with Gasteiger partial charge in [0.25, 0.3) is 5.78 Å². The molecular weight excluding hydrogens is 453 g/mol. The van der Waals surface area contributed by atoms with Crippen LogP contribution >= 0.6 is 0 Å². The molecule has 0 radical (unpaired) electrons. The first-order valence-corrected chi connectivity index (χ1v) is 10.6. The van der Waals surface area contributed by atoms with Crippen molar-refractivity contribution in [1.29, 1.82) is 0 Å². The van der Waals surface area contributed by atoms with Crippen molar-refractivity contribution in [1.82, 2.24) is 19.6 Å². The number of halogens is 5. The standard InChI is InChI=1S/C24H18F5N5/c1-23(2,24(27,28)29)10-9-14-12-15(25)13-19-16(14)7-5-11-33(19)20-17-6-3-4-8-18(17)34-21(26)31-32-22(34)30-20/h3-4,6,8,12-13H,5,7,11H2,1-2H3. The van der Waals surface area contributed by atoms with E-state index < -0.39 is 23.5 Å². The average Bonchev–Trinajstić information content (AvgIpc) is 3.16. The van der Waals surface area contributed by atoms with Crippen LogP contribution in [0.1, 0.15) is 31.4 Å². The third-order valence-electron chi connectivity index (χ3n) is 5.96. The highest BCUT2D eigenvalue weighted by atomic mass is 19.4. The molecule has 0 atom stereocenters. The number of hydrogen-bond acceptors (Lipinski definition) is 4. The van der Waals surface area contributed by atoms with Gasteiger partial charge in [0.1, 0.15) is 17.1 Å². The number of fused-ring (bicyclic) bond motifs is 4. The molecule has 3 heterocycles. The van der Waals surface area contributed by atoms with Crippen molar-refractivity contribution in [2.24, 2.45) is 5.41 Å². The molecule has 4 aromatic rings. The van der Waals surface area contributed by atoms with Crippen molar-refractivity contribution in [3.8, 4) is 11.8 Å². The Morgan fingerprint density at radius 1 is 1.03 bits per heavy atom. The Balaban J connectivity index is 1.70. The van der Waals surface area contributed by atoms with Crippen molar-refractivity contribution < 1.29 is 22.0 Å². The molecule has 0 saturated carbocycles. The number of benzene rings is 2. The Kier molecular flexibility index (Phi) is 4.97. The topological polar surface area (TPSA) is 46.3 Å². The third kappa shape index (κ3) is 3.52. The molecule has 174 valence electrons. The summed E-state index contributed by atoms with van der Waals surface area (Å²) < 4.78 is 69.9. The molecule has 2 aromatic carbocycles. The van der Waals surface area contributed by atoms with Crippen molar-refractivity contribution >= 4 is 28.2 Å². The summed E-state index contributed by atoms with van der Waals surface area (Å²) in [5.74, 6) is 4.68. The first kappa shape index (κ1) is 22.1. The van der Waals surface area contributed by atoms with Crippen molar-refractivity contribution in [3.05, 3.63) is 59.4 Å². The maximum Gasteiger partial charge on any atom is 0.404 e. The fraction of sp³-hybridized carbons (Fsp3) is 0.292. The van der Waals surface area contributed by atoms with Gasteiger partial charge in [-0.15, -0.1) is 5.10 Å². The number of aromatic nitrogens is 4. The third-order valence-corrected chi connectivity index (χ3v) is 5.96. The van der Waals surface area contributed by atoms with Gasteiger partial charge in [0.15, 0.2) is 0 Å². The van der Waals surface area contributed by atoms with Crippen LogP contribution in [0.25, 0.3) is 16.7 Å². The minimum Gasteiger partial charge on any atom is -0.325 e. The van der Waals surface area contributed by atoms with Gasteiger partial charge >= 0.3 is 12.3 Å². The Morgan fingerprint density at radius 3 is 2.56 bits per heavy atom. The molecule has 0 unspecified atom stereocenters. The second-order valence-corrected chi connectivity index (χ2v) is 8.64. The van der Waals surface area contributed by atoms with Gasteiger partial charge in [-0.1, -0.05) is 29.1 Å². The molecule has 0 amide bonds. The van der Waals surface area contributed by atoms with Crippen LogP contribution in [0.2, 0.25) is 0 Å². The van der Waals surface area contributed by atoms with Crippen LogP contribution in [-0.4, -0.2) is 32.3 Å². The van der Waals surface area contributed by atoms with Crippen molar-refractivity contribution in [3.63, 3.8) is 0 Å². The Labute approximate surface area is 191 Å². The lowest BCUT2D eigenvalue weighted by atomic mass is 9.91. The molecule has 5 rings (SSSR count). The Bertz CT molecular complexity index is 1490. The molecule has 5 nitrogen and oxygen atoms in total. The van der Waals surface area contributed by atoms with E-state index in [4.69, 9.17) is 0 Å². The van der Waals surface area contributed by atoms with E-state index in [-0.39, 0.29) is 11.3 Å². The van der Waals surface area contributed by atoms with E-state index in [9.17, 15) is 22.0 Å². The molecule has 10 heteroatoms. The lowest BCUT2D eigenvalue weighted by Crippen LogP contribution is -2.30. The van der Waals surface area contributed by atoms with E-state index in [1.54, 1.807) is 29.2 Å². The SMILES string of the molecule is CC(C)(C#Cc1cc(F)cc2c1CCCN2c1nc2nnc(F)n2c2ccccc12)C(F)(F)F. The molecule has 0 N–H and O–H groups in total. The first-order valence-electron chi connectivity index (χ1n) is 10.6. The van der Waals surface area contributed by atoms with E-state index in [1.165, 1.54) is 10.5 Å². The number of alkyl halides is 3. The quantitative estimate of drug-likeness (QED) is 0.269. The van der Waals surface area contributed by atoms with Gasteiger partial charge in [0.05, 0.1) is 5.52 Å². The largest absolute Gasteiger partial charge is 0.404 e. The van der Waals surface area contributed by atoms with Gasteiger partial charge < -0.3 is 4.90 Å². The van der Waals surface area contributed by atoms with Crippen LogP contribution in [0.15, 0.2) is 36.4 Å². The highest BCUT2D eigenvalue weighted by molar-refractivity contribution is 5.94. The summed E-state index contributed by atoms with van der Waals surface area (Å²) in [5, 5.41) is 7.85. The van der Waals surface area contributed by atoms with Crippen LogP contribution in [0, 0.1) is 29.2 Å². The maximum absolute atomic E-state index is 14.7. The summed E-state index contributed by atoms with van der Waals surface area (Å²) in [5.41, 5.74) is -0.462. The minimum atomic E-state index is -4.52. The molecule has 0 fully saturated rings. The van der Waals surface area contributed by atoms with Crippen LogP contribution in [0.3, 0.4) is 0 Å². The second-order valence-electron chi connectivity index (χ2n) is 8.64. The van der Waals surface area contributed by atoms with Crippen molar-refractivity contribution in [2.75, 3.05) is 11.4 Å².